The molecular weight excluding hydrogens is 260 g/mol. The maximum atomic E-state index is 11.2. The van der Waals surface area contributed by atoms with E-state index in [-0.39, 0.29) is 10.8 Å². The summed E-state index contributed by atoms with van der Waals surface area (Å²) in [7, 11) is 0. The van der Waals surface area contributed by atoms with Crippen molar-refractivity contribution in [2.45, 2.75) is 85.3 Å². The van der Waals surface area contributed by atoms with Gasteiger partial charge in [-0.25, -0.2) is 0 Å². The van der Waals surface area contributed by atoms with E-state index in [1.807, 2.05) is 10.9 Å². The van der Waals surface area contributed by atoms with E-state index in [1.54, 1.807) is 0 Å². The fourth-order valence-electron chi connectivity index (χ4n) is 4.63. The van der Waals surface area contributed by atoms with Crippen LogP contribution in [0.15, 0.2) is 12.3 Å². The quantitative estimate of drug-likeness (QED) is 0.895. The van der Waals surface area contributed by atoms with Crippen molar-refractivity contribution in [2.24, 2.45) is 10.8 Å². The third-order valence-electron chi connectivity index (χ3n) is 4.79. The fraction of sp³-hybridized carbons (Fsp3) is 0.833. The van der Waals surface area contributed by atoms with Crippen molar-refractivity contribution in [3.8, 4) is 0 Å². The average Bonchev–Trinajstić information content (AvgIpc) is 2.70. The molecule has 3 heteroatoms. The van der Waals surface area contributed by atoms with E-state index in [4.69, 9.17) is 0 Å². The zero-order valence-electron chi connectivity index (χ0n) is 14.6. The molecule has 21 heavy (non-hydrogen) atoms. The van der Waals surface area contributed by atoms with Gasteiger partial charge in [-0.2, -0.15) is 5.10 Å². The molecule has 1 unspecified atom stereocenters. The van der Waals surface area contributed by atoms with Gasteiger partial charge in [-0.15, -0.1) is 0 Å². The van der Waals surface area contributed by atoms with Crippen molar-refractivity contribution in [2.75, 3.05) is 0 Å². The van der Waals surface area contributed by atoms with E-state index in [0.29, 0.717) is 12.5 Å². The van der Waals surface area contributed by atoms with Gasteiger partial charge in [-0.3, -0.25) is 4.68 Å². The second-order valence-electron chi connectivity index (χ2n) is 8.80. The Labute approximate surface area is 129 Å². The molecule has 1 N–H and O–H groups in total. The molecule has 1 aromatic rings. The standard InChI is InChI=1S/C18H32N2O/c1-7-14(2)20-9-8-15(19-20)10-18(21)12-16(3,4)11-17(5,6)13-18/h8-9,14,21H,7,10-13H2,1-6H3. The first kappa shape index (κ1) is 16.5. The molecule has 0 spiro atoms. The van der Waals surface area contributed by atoms with Crippen LogP contribution in [0.3, 0.4) is 0 Å². The van der Waals surface area contributed by atoms with Gasteiger partial charge in [-0.1, -0.05) is 34.6 Å². The molecule has 0 bridgehead atoms. The highest BCUT2D eigenvalue weighted by Gasteiger charge is 2.46. The summed E-state index contributed by atoms with van der Waals surface area (Å²) < 4.78 is 2.03. The molecule has 0 aliphatic heterocycles. The van der Waals surface area contributed by atoms with Crippen molar-refractivity contribution in [3.63, 3.8) is 0 Å². The normalized spacial score (nSPS) is 24.7. The molecule has 1 saturated carbocycles. The van der Waals surface area contributed by atoms with Gasteiger partial charge in [0.2, 0.25) is 0 Å². The van der Waals surface area contributed by atoms with Crippen molar-refractivity contribution < 1.29 is 5.11 Å². The third kappa shape index (κ3) is 4.09. The van der Waals surface area contributed by atoms with Crippen LogP contribution >= 0.6 is 0 Å². The number of rotatable bonds is 4. The summed E-state index contributed by atoms with van der Waals surface area (Å²) in [6.45, 7) is 13.4. The average molecular weight is 292 g/mol. The molecule has 2 rings (SSSR count). The monoisotopic (exact) mass is 292 g/mol. The molecule has 1 aliphatic rings. The van der Waals surface area contributed by atoms with E-state index in [0.717, 1.165) is 25.0 Å². The van der Waals surface area contributed by atoms with E-state index in [9.17, 15) is 5.11 Å². The van der Waals surface area contributed by atoms with Crippen LogP contribution in [0.5, 0.6) is 0 Å². The van der Waals surface area contributed by atoms with E-state index < -0.39 is 5.60 Å². The lowest BCUT2D eigenvalue weighted by atomic mass is 9.59. The van der Waals surface area contributed by atoms with Crippen LogP contribution in [0, 0.1) is 10.8 Å². The van der Waals surface area contributed by atoms with Crippen LogP contribution in [0.4, 0.5) is 0 Å². The van der Waals surface area contributed by atoms with E-state index >= 15 is 0 Å². The zero-order chi connectivity index (χ0) is 15.9. The Morgan fingerprint density at radius 2 is 1.76 bits per heavy atom. The first-order valence-corrected chi connectivity index (χ1v) is 8.31. The maximum absolute atomic E-state index is 11.2. The maximum Gasteiger partial charge on any atom is 0.0713 e. The molecule has 0 amide bonds. The predicted octanol–water partition coefficient (Wildman–Crippen LogP) is 4.36. The molecular formula is C18H32N2O. The van der Waals surface area contributed by atoms with Gasteiger partial charge in [-0.05, 0) is 49.5 Å². The van der Waals surface area contributed by atoms with Gasteiger partial charge >= 0.3 is 0 Å². The largest absolute Gasteiger partial charge is 0.389 e. The Morgan fingerprint density at radius 3 is 2.29 bits per heavy atom. The van der Waals surface area contributed by atoms with Crippen LogP contribution in [-0.2, 0) is 6.42 Å². The first-order valence-electron chi connectivity index (χ1n) is 8.31. The van der Waals surface area contributed by atoms with Crippen molar-refractivity contribution in [1.82, 2.24) is 9.78 Å². The lowest BCUT2D eigenvalue weighted by Crippen LogP contribution is -2.47. The highest BCUT2D eigenvalue weighted by molar-refractivity contribution is 5.08. The zero-order valence-corrected chi connectivity index (χ0v) is 14.6. The summed E-state index contributed by atoms with van der Waals surface area (Å²) in [6.07, 6.45) is 6.68. The minimum absolute atomic E-state index is 0.190. The van der Waals surface area contributed by atoms with Crippen molar-refractivity contribution in [1.29, 1.82) is 0 Å². The van der Waals surface area contributed by atoms with Gasteiger partial charge in [0.25, 0.3) is 0 Å². The topological polar surface area (TPSA) is 38.0 Å². The lowest BCUT2D eigenvalue weighted by molar-refractivity contribution is -0.0856. The molecule has 1 heterocycles. The second-order valence-corrected chi connectivity index (χ2v) is 8.80. The third-order valence-corrected chi connectivity index (χ3v) is 4.79. The van der Waals surface area contributed by atoms with Gasteiger partial charge < -0.3 is 5.11 Å². The number of hydrogen-bond donors (Lipinski definition) is 1. The molecule has 1 aliphatic carbocycles. The summed E-state index contributed by atoms with van der Waals surface area (Å²) in [4.78, 5) is 0. The van der Waals surface area contributed by atoms with E-state index in [1.165, 1.54) is 6.42 Å². The van der Waals surface area contributed by atoms with Crippen LogP contribution in [0.25, 0.3) is 0 Å². The van der Waals surface area contributed by atoms with Crippen molar-refractivity contribution >= 4 is 0 Å². The van der Waals surface area contributed by atoms with Crippen molar-refractivity contribution in [3.05, 3.63) is 18.0 Å². The number of hydrogen-bond acceptors (Lipinski definition) is 2. The van der Waals surface area contributed by atoms with Gasteiger partial charge in [0.1, 0.15) is 0 Å². The smallest absolute Gasteiger partial charge is 0.0713 e. The molecule has 120 valence electrons. The number of aliphatic hydroxyl groups is 1. The summed E-state index contributed by atoms with van der Waals surface area (Å²) in [5, 5.41) is 15.8. The summed E-state index contributed by atoms with van der Waals surface area (Å²) in [5.74, 6) is 0. The molecule has 1 fully saturated rings. The molecule has 1 atom stereocenters. The molecule has 0 saturated heterocycles. The SMILES string of the molecule is CCC(C)n1ccc(CC2(O)CC(C)(C)CC(C)(C)C2)n1. The van der Waals surface area contributed by atoms with Gasteiger partial charge in [0.05, 0.1) is 11.3 Å². The predicted molar refractivity (Wildman–Crippen MR) is 87.3 cm³/mol. The van der Waals surface area contributed by atoms with E-state index in [2.05, 4.69) is 52.7 Å². The Hall–Kier alpha value is -0.830. The number of nitrogens with zero attached hydrogens (tertiary/aromatic N) is 2. The Balaban J connectivity index is 2.15. The molecule has 0 aromatic carbocycles. The van der Waals surface area contributed by atoms with Crippen LogP contribution in [0.1, 0.15) is 79.0 Å². The molecule has 3 nitrogen and oxygen atoms in total. The van der Waals surface area contributed by atoms with Crippen LogP contribution in [-0.4, -0.2) is 20.5 Å². The highest BCUT2D eigenvalue weighted by Crippen LogP contribution is 2.50. The van der Waals surface area contributed by atoms with Gasteiger partial charge in [0.15, 0.2) is 0 Å². The molecule has 0 radical (unpaired) electrons. The van der Waals surface area contributed by atoms with Crippen LogP contribution < -0.4 is 0 Å². The Bertz CT molecular complexity index is 471. The Morgan fingerprint density at radius 1 is 1.19 bits per heavy atom. The second kappa shape index (κ2) is 5.42. The summed E-state index contributed by atoms with van der Waals surface area (Å²) in [5.41, 5.74) is 0.775. The van der Waals surface area contributed by atoms with Crippen LogP contribution in [0.2, 0.25) is 0 Å². The molecule has 1 aromatic heterocycles. The Kier molecular flexibility index (Phi) is 4.27. The lowest BCUT2D eigenvalue weighted by Gasteiger charge is -2.49. The fourth-order valence-corrected chi connectivity index (χ4v) is 4.63. The van der Waals surface area contributed by atoms with Gasteiger partial charge in [0, 0.05) is 18.7 Å². The first-order chi connectivity index (χ1) is 9.54. The highest BCUT2D eigenvalue weighted by atomic mass is 16.3. The summed E-state index contributed by atoms with van der Waals surface area (Å²) in [6, 6.07) is 2.49. The number of aromatic nitrogens is 2. The summed E-state index contributed by atoms with van der Waals surface area (Å²) >= 11 is 0. The minimum Gasteiger partial charge on any atom is -0.389 e. The minimum atomic E-state index is -0.625.